The number of aromatic amines is 1. The number of imidazole rings is 1. The number of benzene rings is 1. The second kappa shape index (κ2) is 6.28. The number of thioether (sulfide) groups is 1. The molecule has 1 aromatic heterocycles. The highest BCUT2D eigenvalue weighted by molar-refractivity contribution is 7.99. The van der Waals surface area contributed by atoms with Gasteiger partial charge < -0.3 is 15.2 Å². The molecule has 0 saturated carbocycles. The van der Waals surface area contributed by atoms with Crippen LogP contribution in [0.15, 0.2) is 29.4 Å². The van der Waals surface area contributed by atoms with Crippen molar-refractivity contribution in [2.45, 2.75) is 11.6 Å². The number of hydrogen-bond acceptors (Lipinski definition) is 4. The number of nitrogens with one attached hydrogen (secondary N) is 2. The summed E-state index contributed by atoms with van der Waals surface area (Å²) in [5.74, 6) is 0.638. The Labute approximate surface area is 122 Å². The Hall–Kier alpha value is -1.53. The summed E-state index contributed by atoms with van der Waals surface area (Å²) >= 11 is 1.48. The molecule has 1 amide bonds. The maximum absolute atomic E-state index is 12.2. The topological polar surface area (TPSA) is 61.0 Å². The molecule has 1 aliphatic heterocycles. The van der Waals surface area contributed by atoms with Gasteiger partial charge in [-0.2, -0.15) is 0 Å². The summed E-state index contributed by atoms with van der Waals surface area (Å²) in [5.41, 5.74) is 1.96. The van der Waals surface area contributed by atoms with Gasteiger partial charge in [0.05, 0.1) is 16.8 Å². The molecule has 106 valence electrons. The summed E-state index contributed by atoms with van der Waals surface area (Å²) in [6, 6.07) is 7.91. The molecule has 1 aromatic carbocycles. The van der Waals surface area contributed by atoms with Gasteiger partial charge in [-0.1, -0.05) is 23.9 Å². The Kier molecular flexibility index (Phi) is 4.22. The number of fused-ring (bicyclic) bond motifs is 1. The van der Waals surface area contributed by atoms with E-state index < -0.39 is 0 Å². The minimum atomic E-state index is 0.194. The molecule has 6 heteroatoms. The van der Waals surface area contributed by atoms with Crippen molar-refractivity contribution in [2.24, 2.45) is 0 Å². The van der Waals surface area contributed by atoms with E-state index in [1.54, 1.807) is 0 Å². The lowest BCUT2D eigenvalue weighted by Gasteiger charge is -2.19. The lowest BCUT2D eigenvalue weighted by Crippen LogP contribution is -2.35. The quantitative estimate of drug-likeness (QED) is 0.841. The number of carbonyl (C=O) groups excluding carboxylic acids is 1. The standard InChI is InChI=1S/C14H18N4OS/c19-13(18-8-3-6-15-7-9-18)10-20-14-16-11-4-1-2-5-12(11)17-14/h1-2,4-5,15H,3,6-10H2,(H,16,17). The van der Waals surface area contributed by atoms with Crippen LogP contribution in [0.5, 0.6) is 0 Å². The summed E-state index contributed by atoms with van der Waals surface area (Å²) < 4.78 is 0. The van der Waals surface area contributed by atoms with E-state index in [-0.39, 0.29) is 5.91 Å². The van der Waals surface area contributed by atoms with E-state index in [0.29, 0.717) is 5.75 Å². The Morgan fingerprint density at radius 1 is 1.30 bits per heavy atom. The number of carbonyl (C=O) groups is 1. The lowest BCUT2D eigenvalue weighted by molar-refractivity contribution is -0.128. The van der Waals surface area contributed by atoms with Gasteiger partial charge in [0.25, 0.3) is 0 Å². The van der Waals surface area contributed by atoms with Crippen LogP contribution < -0.4 is 5.32 Å². The smallest absolute Gasteiger partial charge is 0.233 e. The first-order valence-electron chi connectivity index (χ1n) is 6.89. The third-order valence-electron chi connectivity index (χ3n) is 3.39. The zero-order valence-electron chi connectivity index (χ0n) is 11.3. The molecule has 1 aliphatic rings. The third-order valence-corrected chi connectivity index (χ3v) is 4.25. The molecule has 20 heavy (non-hydrogen) atoms. The van der Waals surface area contributed by atoms with Crippen LogP contribution in [0, 0.1) is 0 Å². The van der Waals surface area contributed by atoms with Gasteiger partial charge >= 0.3 is 0 Å². The third kappa shape index (κ3) is 3.13. The summed E-state index contributed by atoms with van der Waals surface area (Å²) in [5, 5.41) is 4.12. The second-order valence-corrected chi connectivity index (χ2v) is 5.80. The molecule has 2 aromatic rings. The van der Waals surface area contributed by atoms with Gasteiger partial charge in [0.2, 0.25) is 5.91 Å². The van der Waals surface area contributed by atoms with E-state index in [9.17, 15) is 4.79 Å². The first-order valence-corrected chi connectivity index (χ1v) is 7.87. The van der Waals surface area contributed by atoms with Gasteiger partial charge in [-0.15, -0.1) is 0 Å². The molecule has 3 rings (SSSR count). The molecule has 0 atom stereocenters. The summed E-state index contributed by atoms with van der Waals surface area (Å²) in [7, 11) is 0. The fraction of sp³-hybridized carbons (Fsp3) is 0.429. The van der Waals surface area contributed by atoms with Crippen molar-refractivity contribution in [1.82, 2.24) is 20.2 Å². The lowest BCUT2D eigenvalue weighted by atomic mass is 10.3. The molecule has 2 N–H and O–H groups in total. The van der Waals surface area contributed by atoms with Gasteiger partial charge in [0, 0.05) is 19.6 Å². The van der Waals surface area contributed by atoms with Crippen molar-refractivity contribution in [3.63, 3.8) is 0 Å². The molecule has 0 aliphatic carbocycles. The predicted molar refractivity (Wildman–Crippen MR) is 80.9 cm³/mol. The molecule has 2 heterocycles. The number of amides is 1. The van der Waals surface area contributed by atoms with Crippen molar-refractivity contribution in [3.05, 3.63) is 24.3 Å². The predicted octanol–water partition coefficient (Wildman–Crippen LogP) is 1.48. The van der Waals surface area contributed by atoms with Gasteiger partial charge in [-0.3, -0.25) is 4.79 Å². The fourth-order valence-electron chi connectivity index (χ4n) is 2.31. The number of aromatic nitrogens is 2. The SMILES string of the molecule is O=C(CSc1nc2ccccc2[nH]1)N1CCCNCC1. The van der Waals surface area contributed by atoms with Crippen LogP contribution in [0.1, 0.15) is 6.42 Å². The maximum atomic E-state index is 12.2. The number of rotatable bonds is 3. The molecule has 1 saturated heterocycles. The number of nitrogens with zero attached hydrogens (tertiary/aromatic N) is 2. The van der Waals surface area contributed by atoms with Crippen LogP contribution in [0.3, 0.4) is 0 Å². The van der Waals surface area contributed by atoms with Crippen LogP contribution >= 0.6 is 11.8 Å². The van der Waals surface area contributed by atoms with Gasteiger partial charge in [0.1, 0.15) is 0 Å². The Balaban J connectivity index is 1.59. The van der Waals surface area contributed by atoms with Gasteiger partial charge in [-0.05, 0) is 25.1 Å². The first kappa shape index (κ1) is 13.5. The number of hydrogen-bond donors (Lipinski definition) is 2. The van der Waals surface area contributed by atoms with Crippen molar-refractivity contribution in [2.75, 3.05) is 31.9 Å². The molecule has 0 radical (unpaired) electrons. The van der Waals surface area contributed by atoms with Crippen molar-refractivity contribution in [1.29, 1.82) is 0 Å². The molecule has 0 spiro atoms. The molecule has 1 fully saturated rings. The van der Waals surface area contributed by atoms with Gasteiger partial charge in [-0.25, -0.2) is 4.98 Å². The van der Waals surface area contributed by atoms with Crippen LogP contribution in [0.25, 0.3) is 11.0 Å². The van der Waals surface area contributed by atoms with E-state index in [0.717, 1.165) is 48.8 Å². The number of para-hydroxylation sites is 2. The molecular weight excluding hydrogens is 272 g/mol. The minimum Gasteiger partial charge on any atom is -0.341 e. The Morgan fingerprint density at radius 2 is 2.20 bits per heavy atom. The van der Waals surface area contributed by atoms with E-state index in [2.05, 4.69) is 15.3 Å². The fourth-order valence-corrected chi connectivity index (χ4v) is 3.10. The monoisotopic (exact) mass is 290 g/mol. The summed E-state index contributed by atoms with van der Waals surface area (Å²) in [6.07, 6.45) is 1.03. The highest BCUT2D eigenvalue weighted by Crippen LogP contribution is 2.19. The van der Waals surface area contributed by atoms with Crippen LogP contribution in [0.4, 0.5) is 0 Å². The highest BCUT2D eigenvalue weighted by atomic mass is 32.2. The van der Waals surface area contributed by atoms with E-state index in [1.165, 1.54) is 11.8 Å². The zero-order valence-corrected chi connectivity index (χ0v) is 12.1. The Morgan fingerprint density at radius 3 is 3.10 bits per heavy atom. The van der Waals surface area contributed by atoms with Crippen LogP contribution in [-0.4, -0.2) is 52.7 Å². The van der Waals surface area contributed by atoms with Crippen LogP contribution in [0.2, 0.25) is 0 Å². The minimum absolute atomic E-state index is 0.194. The maximum Gasteiger partial charge on any atom is 0.233 e. The molecule has 5 nitrogen and oxygen atoms in total. The molecular formula is C14H18N4OS. The molecule has 0 unspecified atom stereocenters. The number of H-pyrrole nitrogens is 1. The average molecular weight is 290 g/mol. The van der Waals surface area contributed by atoms with Crippen molar-refractivity contribution >= 4 is 28.7 Å². The normalized spacial score (nSPS) is 16.3. The average Bonchev–Trinajstić information content (AvgIpc) is 2.69. The second-order valence-electron chi connectivity index (χ2n) is 4.83. The first-order chi connectivity index (χ1) is 9.83. The van der Waals surface area contributed by atoms with E-state index in [1.807, 2.05) is 29.2 Å². The van der Waals surface area contributed by atoms with E-state index >= 15 is 0 Å². The summed E-state index contributed by atoms with van der Waals surface area (Å²) in [6.45, 7) is 3.55. The Bertz CT molecular complexity index is 557. The van der Waals surface area contributed by atoms with Crippen molar-refractivity contribution < 1.29 is 4.79 Å². The zero-order chi connectivity index (χ0) is 13.8. The van der Waals surface area contributed by atoms with Crippen molar-refractivity contribution in [3.8, 4) is 0 Å². The highest BCUT2D eigenvalue weighted by Gasteiger charge is 2.16. The summed E-state index contributed by atoms with van der Waals surface area (Å²) in [4.78, 5) is 21.8. The van der Waals surface area contributed by atoms with Crippen LogP contribution in [-0.2, 0) is 4.79 Å². The molecule has 0 bridgehead atoms. The van der Waals surface area contributed by atoms with Gasteiger partial charge in [0.15, 0.2) is 5.16 Å². The van der Waals surface area contributed by atoms with E-state index in [4.69, 9.17) is 0 Å². The largest absolute Gasteiger partial charge is 0.341 e.